The van der Waals surface area contributed by atoms with E-state index in [2.05, 4.69) is 17.1 Å². The molecule has 1 aliphatic carbocycles. The van der Waals surface area contributed by atoms with Crippen LogP contribution in [0.3, 0.4) is 0 Å². The quantitative estimate of drug-likeness (QED) is 0.376. The fraction of sp³-hybridized carbons (Fsp3) is 0.417. The minimum Gasteiger partial charge on any atom is -0.409 e. The number of rotatable bonds is 3. The van der Waals surface area contributed by atoms with Gasteiger partial charge in [0.25, 0.3) is 0 Å². The summed E-state index contributed by atoms with van der Waals surface area (Å²) in [5, 5.41) is 12.1. The summed E-state index contributed by atoms with van der Waals surface area (Å²) >= 11 is 6.11. The average Bonchev–Trinajstić information content (AvgIpc) is 2.25. The van der Waals surface area contributed by atoms with Crippen LogP contribution in [0.1, 0.15) is 24.8 Å². The molecule has 0 aliphatic heterocycles. The van der Waals surface area contributed by atoms with Gasteiger partial charge in [-0.05, 0) is 37.5 Å². The highest BCUT2D eigenvalue weighted by Crippen LogP contribution is 2.30. The molecule has 0 spiro atoms. The molecule has 0 atom stereocenters. The molecule has 0 heterocycles. The molecule has 92 valence electrons. The van der Waals surface area contributed by atoms with Crippen LogP contribution in [-0.4, -0.2) is 24.1 Å². The van der Waals surface area contributed by atoms with E-state index in [4.69, 9.17) is 22.5 Å². The Balaban J connectivity index is 2.23. The number of hydrogen-bond acceptors (Lipinski definition) is 3. The van der Waals surface area contributed by atoms with Crippen molar-refractivity contribution in [2.45, 2.75) is 25.3 Å². The van der Waals surface area contributed by atoms with E-state index in [9.17, 15) is 0 Å². The highest BCUT2D eigenvalue weighted by Gasteiger charge is 2.22. The van der Waals surface area contributed by atoms with Crippen molar-refractivity contribution < 1.29 is 5.21 Å². The smallest absolute Gasteiger partial charge is 0.171 e. The molecule has 0 bridgehead atoms. The Hall–Kier alpha value is -1.42. The molecule has 2 rings (SSSR count). The Morgan fingerprint density at radius 3 is 2.71 bits per heavy atom. The second-order valence-corrected chi connectivity index (χ2v) is 4.75. The number of halogens is 1. The van der Waals surface area contributed by atoms with Gasteiger partial charge >= 0.3 is 0 Å². The molecular formula is C12H16ClN3O. The summed E-state index contributed by atoms with van der Waals surface area (Å²) in [4.78, 5) is 2.23. The molecule has 1 saturated carbocycles. The molecule has 1 fully saturated rings. The number of anilines is 1. The van der Waals surface area contributed by atoms with E-state index in [0.29, 0.717) is 16.6 Å². The number of oxime groups is 1. The zero-order valence-electron chi connectivity index (χ0n) is 9.73. The number of benzene rings is 1. The van der Waals surface area contributed by atoms with Crippen molar-refractivity contribution in [3.8, 4) is 0 Å². The van der Waals surface area contributed by atoms with Gasteiger partial charge in [-0.25, -0.2) is 0 Å². The molecule has 0 unspecified atom stereocenters. The molecule has 1 aromatic carbocycles. The zero-order chi connectivity index (χ0) is 12.4. The number of hydrogen-bond donors (Lipinski definition) is 2. The second-order valence-electron chi connectivity index (χ2n) is 4.35. The van der Waals surface area contributed by atoms with E-state index in [1.807, 2.05) is 12.1 Å². The van der Waals surface area contributed by atoms with Crippen LogP contribution in [0.15, 0.2) is 23.4 Å². The van der Waals surface area contributed by atoms with Gasteiger partial charge in [-0.3, -0.25) is 0 Å². The molecule has 17 heavy (non-hydrogen) atoms. The van der Waals surface area contributed by atoms with Crippen molar-refractivity contribution in [3.63, 3.8) is 0 Å². The predicted octanol–water partition coefficient (Wildman–Crippen LogP) is 2.42. The summed E-state index contributed by atoms with van der Waals surface area (Å²) < 4.78 is 0. The first-order chi connectivity index (χ1) is 8.13. The van der Waals surface area contributed by atoms with Crippen LogP contribution >= 0.6 is 11.6 Å². The summed E-state index contributed by atoms with van der Waals surface area (Å²) in [7, 11) is 2.07. The summed E-state index contributed by atoms with van der Waals surface area (Å²) in [5.74, 6) is 0.0350. The third-order valence-electron chi connectivity index (χ3n) is 3.37. The van der Waals surface area contributed by atoms with E-state index in [1.54, 1.807) is 6.07 Å². The molecule has 0 saturated heterocycles. The lowest BCUT2D eigenvalue weighted by Crippen LogP contribution is -2.37. The Labute approximate surface area is 106 Å². The minimum absolute atomic E-state index is 0.0350. The largest absolute Gasteiger partial charge is 0.409 e. The van der Waals surface area contributed by atoms with Crippen LogP contribution < -0.4 is 10.6 Å². The normalized spacial score (nSPS) is 16.7. The van der Waals surface area contributed by atoms with Crippen LogP contribution in [0.4, 0.5) is 5.69 Å². The predicted molar refractivity (Wildman–Crippen MR) is 70.0 cm³/mol. The molecule has 0 radical (unpaired) electrons. The molecule has 3 N–H and O–H groups in total. The van der Waals surface area contributed by atoms with Gasteiger partial charge in [0, 0.05) is 24.3 Å². The lowest BCUT2D eigenvalue weighted by molar-refractivity contribution is 0.318. The third kappa shape index (κ3) is 2.31. The fourth-order valence-electron chi connectivity index (χ4n) is 1.97. The topological polar surface area (TPSA) is 61.8 Å². The van der Waals surface area contributed by atoms with E-state index in [-0.39, 0.29) is 5.84 Å². The van der Waals surface area contributed by atoms with Crippen molar-refractivity contribution in [3.05, 3.63) is 28.8 Å². The maximum absolute atomic E-state index is 8.62. The summed E-state index contributed by atoms with van der Waals surface area (Å²) in [6, 6.07) is 6.19. The highest BCUT2D eigenvalue weighted by molar-refractivity contribution is 6.34. The van der Waals surface area contributed by atoms with Gasteiger partial charge in [0.2, 0.25) is 0 Å². The van der Waals surface area contributed by atoms with Gasteiger partial charge in [-0.15, -0.1) is 0 Å². The molecule has 5 heteroatoms. The van der Waals surface area contributed by atoms with Gasteiger partial charge in [-0.2, -0.15) is 0 Å². The number of nitrogens with zero attached hydrogens (tertiary/aromatic N) is 2. The van der Waals surface area contributed by atoms with Gasteiger partial charge in [0.15, 0.2) is 5.84 Å². The first-order valence-corrected chi connectivity index (χ1v) is 6.01. The monoisotopic (exact) mass is 253 g/mol. The van der Waals surface area contributed by atoms with Gasteiger partial charge < -0.3 is 15.8 Å². The Morgan fingerprint density at radius 2 is 2.24 bits per heavy atom. The molecular weight excluding hydrogens is 238 g/mol. The lowest BCUT2D eigenvalue weighted by Gasteiger charge is -2.36. The van der Waals surface area contributed by atoms with Crippen LogP contribution in [-0.2, 0) is 0 Å². The highest BCUT2D eigenvalue weighted by atomic mass is 35.5. The second kappa shape index (κ2) is 4.84. The molecule has 0 aromatic heterocycles. The van der Waals surface area contributed by atoms with E-state index in [1.165, 1.54) is 19.3 Å². The lowest BCUT2D eigenvalue weighted by atomic mass is 9.91. The maximum Gasteiger partial charge on any atom is 0.171 e. The van der Waals surface area contributed by atoms with Gasteiger partial charge in [-0.1, -0.05) is 16.8 Å². The fourth-order valence-corrected chi connectivity index (χ4v) is 2.24. The number of amidine groups is 1. The van der Waals surface area contributed by atoms with Gasteiger partial charge in [0.05, 0.1) is 5.02 Å². The minimum atomic E-state index is 0.0350. The first kappa shape index (κ1) is 12.0. The van der Waals surface area contributed by atoms with Gasteiger partial charge in [0.1, 0.15) is 0 Å². The summed E-state index contributed by atoms with van der Waals surface area (Å²) in [5.41, 5.74) is 7.14. The Morgan fingerprint density at radius 1 is 1.53 bits per heavy atom. The van der Waals surface area contributed by atoms with Crippen LogP contribution in [0.2, 0.25) is 5.02 Å². The zero-order valence-corrected chi connectivity index (χ0v) is 10.5. The average molecular weight is 254 g/mol. The first-order valence-electron chi connectivity index (χ1n) is 5.63. The van der Waals surface area contributed by atoms with Crippen LogP contribution in [0, 0.1) is 0 Å². The molecule has 1 aromatic rings. The van der Waals surface area contributed by atoms with E-state index >= 15 is 0 Å². The summed E-state index contributed by atoms with van der Waals surface area (Å²) in [6.45, 7) is 0. The SMILES string of the molecule is CN(c1ccc(/C(N)=N/O)c(Cl)c1)C1CCC1. The summed E-state index contributed by atoms with van der Waals surface area (Å²) in [6.07, 6.45) is 3.76. The maximum atomic E-state index is 8.62. The van der Waals surface area contributed by atoms with Crippen molar-refractivity contribution in [1.82, 2.24) is 0 Å². The third-order valence-corrected chi connectivity index (χ3v) is 3.68. The molecule has 4 nitrogen and oxygen atoms in total. The van der Waals surface area contributed by atoms with Crippen LogP contribution in [0.5, 0.6) is 0 Å². The number of nitrogens with two attached hydrogens (primary N) is 1. The van der Waals surface area contributed by atoms with Crippen molar-refractivity contribution in [1.29, 1.82) is 0 Å². The van der Waals surface area contributed by atoms with Crippen molar-refractivity contribution in [2.75, 3.05) is 11.9 Å². The molecule has 0 amide bonds. The standard InChI is InChI=1S/C12H16ClN3O/c1-16(8-3-2-4-8)9-5-6-10(11(13)7-9)12(14)15-17/h5-8,17H,2-4H2,1H3,(H2,14,15). The molecule has 1 aliphatic rings. The Kier molecular flexibility index (Phi) is 3.43. The Bertz CT molecular complexity index is 443. The van der Waals surface area contributed by atoms with Crippen molar-refractivity contribution in [2.24, 2.45) is 10.9 Å². The van der Waals surface area contributed by atoms with Crippen molar-refractivity contribution >= 4 is 23.1 Å². The van der Waals surface area contributed by atoms with E-state index < -0.39 is 0 Å². The van der Waals surface area contributed by atoms with E-state index in [0.717, 1.165) is 5.69 Å². The van der Waals surface area contributed by atoms with Crippen LogP contribution in [0.25, 0.3) is 0 Å².